The first kappa shape index (κ1) is 10.3. The predicted octanol–water partition coefficient (Wildman–Crippen LogP) is 1.54. The lowest BCUT2D eigenvalue weighted by atomic mass is 10.6. The van der Waals surface area contributed by atoms with Gasteiger partial charge in [-0.3, -0.25) is 5.41 Å². The van der Waals surface area contributed by atoms with E-state index in [0.29, 0.717) is 0 Å². The Morgan fingerprint density at radius 3 is 3.15 bits per heavy atom. The third-order valence-electron chi connectivity index (χ3n) is 1.23. The van der Waals surface area contributed by atoms with Gasteiger partial charge in [0.05, 0.1) is 0 Å². The number of thioether (sulfide) groups is 1. The fourth-order valence-corrected chi connectivity index (χ4v) is 2.34. The molecule has 0 aliphatic rings. The van der Waals surface area contributed by atoms with Gasteiger partial charge in [-0.2, -0.15) is 0 Å². The highest BCUT2D eigenvalue weighted by atomic mass is 32.2. The first-order chi connectivity index (χ1) is 6.24. The number of thiazole rings is 1. The van der Waals surface area contributed by atoms with Crippen LogP contribution in [0.2, 0.25) is 0 Å². The molecule has 0 saturated heterocycles. The molecule has 71 valence electrons. The van der Waals surface area contributed by atoms with Crippen LogP contribution in [-0.2, 0) is 0 Å². The van der Waals surface area contributed by atoms with Crippen LogP contribution in [0.15, 0.2) is 11.6 Å². The molecule has 0 spiro atoms. The monoisotopic (exact) mass is 215 g/mol. The maximum Gasteiger partial charge on any atom is 0.186 e. The molecule has 1 heterocycles. The molecule has 1 radical (unpaired) electrons. The maximum absolute atomic E-state index is 7.12. The fraction of sp³-hybridized carbons (Fsp3) is 0.286. The summed E-state index contributed by atoms with van der Waals surface area (Å²) in [4.78, 5) is 4.15. The minimum atomic E-state index is -0.0394. The molecule has 6 heteroatoms. The summed E-state index contributed by atoms with van der Waals surface area (Å²) in [6.45, 7) is 1.94. The average molecular weight is 215 g/mol. The molecule has 1 unspecified atom stereocenters. The van der Waals surface area contributed by atoms with Crippen LogP contribution in [0.5, 0.6) is 0 Å². The topological polar surface area (TPSA) is 74.8 Å². The molecule has 0 aliphatic carbocycles. The van der Waals surface area contributed by atoms with Crippen LogP contribution in [0.25, 0.3) is 0 Å². The standard InChI is InChI=1S/C7H11N4S2/c1-2-12-6(11-7(8)9)5-10-3-4-13-5/h2-4,6H,1H3,(H4,8,9,11). The van der Waals surface area contributed by atoms with Crippen LogP contribution in [0.3, 0.4) is 0 Å². The molecule has 0 aliphatic heterocycles. The van der Waals surface area contributed by atoms with E-state index in [1.165, 1.54) is 0 Å². The Labute approximate surface area is 85.4 Å². The first-order valence-corrected chi connectivity index (χ1v) is 5.49. The second kappa shape index (κ2) is 5.08. The Hall–Kier alpha value is -0.750. The molecular formula is C7H11N4S2. The minimum Gasteiger partial charge on any atom is -0.370 e. The molecule has 1 aromatic rings. The Morgan fingerprint density at radius 2 is 2.69 bits per heavy atom. The van der Waals surface area contributed by atoms with E-state index < -0.39 is 0 Å². The average Bonchev–Trinajstić information content (AvgIpc) is 2.54. The minimum absolute atomic E-state index is 0.0328. The summed E-state index contributed by atoms with van der Waals surface area (Å²) < 4.78 is 0. The summed E-state index contributed by atoms with van der Waals surface area (Å²) in [6.07, 6.45) is 1.74. The Morgan fingerprint density at radius 1 is 1.92 bits per heavy atom. The highest BCUT2D eigenvalue weighted by Crippen LogP contribution is 2.28. The van der Waals surface area contributed by atoms with E-state index in [4.69, 9.17) is 11.1 Å². The van der Waals surface area contributed by atoms with Crippen molar-refractivity contribution in [1.82, 2.24) is 10.3 Å². The second-order valence-electron chi connectivity index (χ2n) is 2.18. The normalized spacial score (nSPS) is 12.4. The van der Waals surface area contributed by atoms with Gasteiger partial charge in [-0.1, -0.05) is 6.92 Å². The zero-order valence-electron chi connectivity index (χ0n) is 7.15. The molecule has 4 N–H and O–H groups in total. The van der Waals surface area contributed by atoms with Gasteiger partial charge < -0.3 is 11.1 Å². The van der Waals surface area contributed by atoms with E-state index >= 15 is 0 Å². The van der Waals surface area contributed by atoms with E-state index in [0.717, 1.165) is 5.01 Å². The SMILES string of the molecule is C[CH]SC(NC(=N)N)c1nccs1. The molecule has 13 heavy (non-hydrogen) atoms. The van der Waals surface area contributed by atoms with Crippen molar-refractivity contribution >= 4 is 29.1 Å². The van der Waals surface area contributed by atoms with E-state index in [-0.39, 0.29) is 11.3 Å². The highest BCUT2D eigenvalue weighted by Gasteiger charge is 2.13. The lowest BCUT2D eigenvalue weighted by molar-refractivity contribution is 0.861. The zero-order chi connectivity index (χ0) is 9.68. The highest BCUT2D eigenvalue weighted by molar-refractivity contribution is 8.01. The van der Waals surface area contributed by atoms with Gasteiger partial charge in [0.15, 0.2) is 5.96 Å². The summed E-state index contributed by atoms with van der Waals surface area (Å²) >= 11 is 3.10. The lowest BCUT2D eigenvalue weighted by Crippen LogP contribution is -2.32. The molecule has 0 amide bonds. The smallest absolute Gasteiger partial charge is 0.186 e. The number of nitrogens with zero attached hydrogens (tertiary/aromatic N) is 1. The predicted molar refractivity (Wildman–Crippen MR) is 57.5 cm³/mol. The lowest BCUT2D eigenvalue weighted by Gasteiger charge is -2.14. The third-order valence-corrected chi connectivity index (χ3v) is 3.11. The van der Waals surface area contributed by atoms with Crippen molar-refractivity contribution in [2.24, 2.45) is 5.73 Å². The molecule has 0 saturated carbocycles. The van der Waals surface area contributed by atoms with Crippen molar-refractivity contribution in [2.75, 3.05) is 0 Å². The van der Waals surface area contributed by atoms with E-state index in [1.807, 2.05) is 18.1 Å². The maximum atomic E-state index is 7.12. The van der Waals surface area contributed by atoms with E-state index in [1.54, 1.807) is 29.3 Å². The number of aromatic nitrogens is 1. The van der Waals surface area contributed by atoms with Gasteiger partial charge in [-0.05, 0) is 0 Å². The fourth-order valence-electron chi connectivity index (χ4n) is 0.795. The first-order valence-electron chi connectivity index (χ1n) is 3.67. The Kier molecular flexibility index (Phi) is 4.04. The van der Waals surface area contributed by atoms with Crippen molar-refractivity contribution in [2.45, 2.75) is 12.3 Å². The summed E-state index contributed by atoms with van der Waals surface area (Å²) in [6, 6.07) is 0. The van der Waals surface area contributed by atoms with Crippen LogP contribution in [0.1, 0.15) is 17.3 Å². The number of hydrogen-bond acceptors (Lipinski definition) is 4. The quantitative estimate of drug-likeness (QED) is 0.404. The molecule has 1 atom stereocenters. The summed E-state index contributed by atoms with van der Waals surface area (Å²) in [5.41, 5.74) is 5.25. The summed E-state index contributed by atoms with van der Waals surface area (Å²) in [5, 5.41) is 12.7. The van der Waals surface area contributed by atoms with Crippen molar-refractivity contribution in [1.29, 1.82) is 5.41 Å². The van der Waals surface area contributed by atoms with Crippen LogP contribution >= 0.6 is 23.1 Å². The van der Waals surface area contributed by atoms with Gasteiger partial charge in [0.1, 0.15) is 10.4 Å². The van der Waals surface area contributed by atoms with Crippen LogP contribution in [0.4, 0.5) is 0 Å². The number of nitrogens with two attached hydrogens (primary N) is 1. The van der Waals surface area contributed by atoms with Gasteiger partial charge >= 0.3 is 0 Å². The Bertz CT molecular complexity index is 259. The molecule has 1 rings (SSSR count). The van der Waals surface area contributed by atoms with Gasteiger partial charge in [0, 0.05) is 17.3 Å². The van der Waals surface area contributed by atoms with Crippen molar-refractivity contribution in [3.8, 4) is 0 Å². The molecule has 1 aromatic heterocycles. The largest absolute Gasteiger partial charge is 0.370 e. The number of hydrogen-bond donors (Lipinski definition) is 3. The number of nitrogens with one attached hydrogen (secondary N) is 2. The van der Waals surface area contributed by atoms with Gasteiger partial charge in [0.25, 0.3) is 0 Å². The molecular weight excluding hydrogens is 204 g/mol. The number of guanidine groups is 1. The zero-order valence-corrected chi connectivity index (χ0v) is 8.78. The van der Waals surface area contributed by atoms with Crippen LogP contribution in [0, 0.1) is 11.2 Å². The third kappa shape index (κ3) is 3.23. The van der Waals surface area contributed by atoms with Crippen molar-refractivity contribution < 1.29 is 0 Å². The molecule has 0 bridgehead atoms. The Balaban J connectivity index is 2.62. The van der Waals surface area contributed by atoms with Gasteiger partial charge in [0.2, 0.25) is 0 Å². The molecule has 4 nitrogen and oxygen atoms in total. The summed E-state index contributed by atoms with van der Waals surface area (Å²) in [7, 11) is 0. The van der Waals surface area contributed by atoms with E-state index in [2.05, 4.69) is 10.3 Å². The number of rotatable bonds is 4. The van der Waals surface area contributed by atoms with Gasteiger partial charge in [-0.25, -0.2) is 4.98 Å². The van der Waals surface area contributed by atoms with Crippen LogP contribution in [-0.4, -0.2) is 10.9 Å². The van der Waals surface area contributed by atoms with Crippen molar-refractivity contribution in [3.63, 3.8) is 0 Å². The molecule has 0 fully saturated rings. The van der Waals surface area contributed by atoms with E-state index in [9.17, 15) is 0 Å². The summed E-state index contributed by atoms with van der Waals surface area (Å²) in [5.74, 6) is 1.91. The van der Waals surface area contributed by atoms with Crippen molar-refractivity contribution in [3.05, 3.63) is 22.3 Å². The molecule has 0 aromatic carbocycles. The van der Waals surface area contributed by atoms with Gasteiger partial charge in [-0.15, -0.1) is 23.1 Å². The van der Waals surface area contributed by atoms with Crippen LogP contribution < -0.4 is 11.1 Å². The second-order valence-corrected chi connectivity index (χ2v) is 4.32.